The Morgan fingerprint density at radius 2 is 1.82 bits per heavy atom. The Hall–Kier alpha value is -2.73. The number of nitrogens with one attached hydrogen (secondary N) is 1. The number of piperazine rings is 1. The molecule has 0 spiro atoms. The third kappa shape index (κ3) is 5.16. The lowest BCUT2D eigenvalue weighted by Crippen LogP contribution is -2.50. The Bertz CT molecular complexity index is 801. The number of methoxy groups -OCH3 is 2. The van der Waals surface area contributed by atoms with Gasteiger partial charge in [0.05, 0.1) is 19.9 Å². The summed E-state index contributed by atoms with van der Waals surface area (Å²) in [5, 5.41) is 2.99. The van der Waals surface area contributed by atoms with E-state index < -0.39 is 0 Å². The fourth-order valence-electron chi connectivity index (χ4n) is 3.40. The summed E-state index contributed by atoms with van der Waals surface area (Å²) in [6.45, 7) is 6.17. The number of benzene rings is 2. The standard InChI is InChI=1S/C22H29N3O3/c1-17-7-8-21(28-3)20(15-17)23-22(26)25-13-11-24(12-14-25)10-9-18-5-4-6-19(16-18)27-2/h4-8,15-16H,9-14H2,1-3H3,(H,23,26). The highest BCUT2D eigenvalue weighted by Gasteiger charge is 2.21. The Balaban J connectivity index is 1.48. The van der Waals surface area contributed by atoms with Crippen LogP contribution in [0.2, 0.25) is 0 Å². The van der Waals surface area contributed by atoms with Gasteiger partial charge in [-0.3, -0.25) is 4.90 Å². The van der Waals surface area contributed by atoms with Crippen LogP contribution in [0.5, 0.6) is 11.5 Å². The molecule has 3 rings (SSSR count). The van der Waals surface area contributed by atoms with Crippen molar-refractivity contribution < 1.29 is 14.3 Å². The molecule has 0 bridgehead atoms. The summed E-state index contributed by atoms with van der Waals surface area (Å²) in [6.07, 6.45) is 0.976. The van der Waals surface area contributed by atoms with Crippen molar-refractivity contribution in [2.24, 2.45) is 0 Å². The summed E-state index contributed by atoms with van der Waals surface area (Å²) in [5.74, 6) is 1.57. The van der Waals surface area contributed by atoms with E-state index in [2.05, 4.69) is 22.3 Å². The van der Waals surface area contributed by atoms with Gasteiger partial charge in [-0.1, -0.05) is 18.2 Å². The fraction of sp³-hybridized carbons (Fsp3) is 0.409. The van der Waals surface area contributed by atoms with Gasteiger partial charge in [0.1, 0.15) is 11.5 Å². The number of hydrogen-bond donors (Lipinski definition) is 1. The molecule has 0 aromatic heterocycles. The summed E-state index contributed by atoms with van der Waals surface area (Å²) in [6, 6.07) is 13.9. The smallest absolute Gasteiger partial charge is 0.322 e. The molecule has 1 N–H and O–H groups in total. The Labute approximate surface area is 167 Å². The second-order valence-electron chi connectivity index (χ2n) is 7.06. The normalized spacial score (nSPS) is 14.6. The topological polar surface area (TPSA) is 54.0 Å². The predicted molar refractivity (Wildman–Crippen MR) is 111 cm³/mol. The van der Waals surface area contributed by atoms with Crippen molar-refractivity contribution in [3.63, 3.8) is 0 Å². The highest BCUT2D eigenvalue weighted by atomic mass is 16.5. The number of nitrogens with zero attached hydrogens (tertiary/aromatic N) is 2. The summed E-state index contributed by atoms with van der Waals surface area (Å²) in [4.78, 5) is 16.9. The number of carbonyl (C=O) groups is 1. The number of urea groups is 1. The molecule has 1 heterocycles. The molecule has 0 saturated carbocycles. The van der Waals surface area contributed by atoms with E-state index in [0.717, 1.165) is 50.5 Å². The molecule has 0 aliphatic carbocycles. The number of rotatable bonds is 6. The van der Waals surface area contributed by atoms with Crippen LogP contribution in [0.25, 0.3) is 0 Å². The monoisotopic (exact) mass is 383 g/mol. The van der Waals surface area contributed by atoms with Gasteiger partial charge in [0, 0.05) is 32.7 Å². The van der Waals surface area contributed by atoms with Crippen molar-refractivity contribution in [2.45, 2.75) is 13.3 Å². The number of hydrogen-bond acceptors (Lipinski definition) is 4. The van der Waals surface area contributed by atoms with Gasteiger partial charge in [0.2, 0.25) is 0 Å². The molecule has 2 aromatic carbocycles. The van der Waals surface area contributed by atoms with E-state index in [0.29, 0.717) is 11.4 Å². The molecule has 0 radical (unpaired) electrons. The quantitative estimate of drug-likeness (QED) is 0.831. The zero-order valence-corrected chi connectivity index (χ0v) is 16.9. The van der Waals surface area contributed by atoms with Gasteiger partial charge < -0.3 is 19.7 Å². The van der Waals surface area contributed by atoms with Gasteiger partial charge in [0.25, 0.3) is 0 Å². The second-order valence-corrected chi connectivity index (χ2v) is 7.06. The number of aryl methyl sites for hydroxylation is 1. The maximum absolute atomic E-state index is 12.6. The Morgan fingerprint density at radius 1 is 1.04 bits per heavy atom. The van der Waals surface area contributed by atoms with Crippen LogP contribution in [0, 0.1) is 6.92 Å². The molecule has 1 aliphatic rings. The predicted octanol–water partition coefficient (Wildman–Crippen LogP) is 3.40. The highest BCUT2D eigenvalue weighted by molar-refractivity contribution is 5.91. The van der Waals surface area contributed by atoms with Crippen molar-refractivity contribution in [3.8, 4) is 11.5 Å². The van der Waals surface area contributed by atoms with Crippen LogP contribution in [0.1, 0.15) is 11.1 Å². The maximum atomic E-state index is 12.6. The molecule has 150 valence electrons. The van der Waals surface area contributed by atoms with Crippen molar-refractivity contribution in [1.29, 1.82) is 0 Å². The van der Waals surface area contributed by atoms with Crippen LogP contribution in [0.3, 0.4) is 0 Å². The molecule has 2 aromatic rings. The first-order chi connectivity index (χ1) is 13.6. The van der Waals surface area contributed by atoms with E-state index in [1.165, 1.54) is 5.56 Å². The van der Waals surface area contributed by atoms with E-state index in [1.54, 1.807) is 14.2 Å². The SMILES string of the molecule is COc1cccc(CCN2CCN(C(=O)Nc3cc(C)ccc3OC)CC2)c1. The Kier molecular flexibility index (Phi) is 6.76. The molecule has 1 aliphatic heterocycles. The minimum Gasteiger partial charge on any atom is -0.497 e. The average molecular weight is 383 g/mol. The molecule has 28 heavy (non-hydrogen) atoms. The van der Waals surface area contributed by atoms with Gasteiger partial charge in [-0.15, -0.1) is 0 Å². The lowest BCUT2D eigenvalue weighted by atomic mass is 10.1. The number of amides is 2. The molecule has 1 fully saturated rings. The molecule has 2 amide bonds. The summed E-state index contributed by atoms with van der Waals surface area (Å²) >= 11 is 0. The molecule has 6 nitrogen and oxygen atoms in total. The second kappa shape index (κ2) is 9.46. The number of ether oxygens (including phenoxy) is 2. The minimum absolute atomic E-state index is 0.0728. The molecular weight excluding hydrogens is 354 g/mol. The van der Waals surface area contributed by atoms with Gasteiger partial charge >= 0.3 is 6.03 Å². The van der Waals surface area contributed by atoms with E-state index in [9.17, 15) is 4.79 Å². The lowest BCUT2D eigenvalue weighted by Gasteiger charge is -2.34. The first kappa shape index (κ1) is 20.0. The fourth-order valence-corrected chi connectivity index (χ4v) is 3.40. The molecule has 1 saturated heterocycles. The lowest BCUT2D eigenvalue weighted by molar-refractivity contribution is 0.148. The van der Waals surface area contributed by atoms with Gasteiger partial charge in [-0.25, -0.2) is 4.79 Å². The first-order valence-corrected chi connectivity index (χ1v) is 9.65. The van der Waals surface area contributed by atoms with Crippen LogP contribution < -0.4 is 14.8 Å². The van der Waals surface area contributed by atoms with Crippen LogP contribution in [0.4, 0.5) is 10.5 Å². The van der Waals surface area contributed by atoms with E-state index in [4.69, 9.17) is 9.47 Å². The van der Waals surface area contributed by atoms with E-state index >= 15 is 0 Å². The van der Waals surface area contributed by atoms with Crippen molar-refractivity contribution in [3.05, 3.63) is 53.6 Å². The highest BCUT2D eigenvalue weighted by Crippen LogP contribution is 2.25. The largest absolute Gasteiger partial charge is 0.497 e. The van der Waals surface area contributed by atoms with Crippen molar-refractivity contribution in [1.82, 2.24) is 9.80 Å². The van der Waals surface area contributed by atoms with Gasteiger partial charge in [-0.05, 0) is 48.7 Å². The summed E-state index contributed by atoms with van der Waals surface area (Å²) < 4.78 is 10.6. The third-order valence-electron chi connectivity index (χ3n) is 5.11. The summed E-state index contributed by atoms with van der Waals surface area (Å²) in [5.41, 5.74) is 3.07. The maximum Gasteiger partial charge on any atom is 0.322 e. The summed E-state index contributed by atoms with van der Waals surface area (Å²) in [7, 11) is 3.30. The first-order valence-electron chi connectivity index (χ1n) is 9.65. The number of anilines is 1. The third-order valence-corrected chi connectivity index (χ3v) is 5.11. The van der Waals surface area contributed by atoms with E-state index in [1.807, 2.05) is 42.2 Å². The molecule has 0 unspecified atom stereocenters. The van der Waals surface area contributed by atoms with Gasteiger partial charge in [0.15, 0.2) is 0 Å². The average Bonchev–Trinajstić information content (AvgIpc) is 2.73. The molecule has 0 atom stereocenters. The number of carbonyl (C=O) groups excluding carboxylic acids is 1. The van der Waals surface area contributed by atoms with Crippen molar-refractivity contribution >= 4 is 11.7 Å². The van der Waals surface area contributed by atoms with Crippen LogP contribution in [-0.2, 0) is 6.42 Å². The van der Waals surface area contributed by atoms with Crippen LogP contribution in [0.15, 0.2) is 42.5 Å². The van der Waals surface area contributed by atoms with E-state index in [-0.39, 0.29) is 6.03 Å². The minimum atomic E-state index is -0.0728. The Morgan fingerprint density at radius 3 is 2.54 bits per heavy atom. The van der Waals surface area contributed by atoms with Crippen molar-refractivity contribution in [2.75, 3.05) is 52.3 Å². The zero-order valence-electron chi connectivity index (χ0n) is 16.9. The van der Waals surface area contributed by atoms with Gasteiger partial charge in [-0.2, -0.15) is 0 Å². The molecular formula is C22H29N3O3. The van der Waals surface area contributed by atoms with Crippen LogP contribution >= 0.6 is 0 Å². The zero-order chi connectivity index (χ0) is 19.9. The van der Waals surface area contributed by atoms with Crippen LogP contribution in [-0.4, -0.2) is 62.8 Å². The molecule has 6 heteroatoms.